The average Bonchev–Trinajstić information content (AvgIpc) is 3.39. The number of H-pyrrole nitrogens is 1. The molecule has 0 bridgehead atoms. The molecule has 0 aliphatic carbocycles. The molecule has 4 rings (SSSR count). The van der Waals surface area contributed by atoms with Gasteiger partial charge in [-0.05, 0) is 43.5 Å². The van der Waals surface area contributed by atoms with Crippen molar-refractivity contribution < 1.29 is 9.53 Å². The van der Waals surface area contributed by atoms with E-state index in [1.165, 1.54) is 5.69 Å². The second-order valence-electron chi connectivity index (χ2n) is 7.22. The van der Waals surface area contributed by atoms with Crippen LogP contribution in [0.5, 0.6) is 5.75 Å². The Morgan fingerprint density at radius 1 is 1.26 bits per heavy atom. The van der Waals surface area contributed by atoms with Crippen LogP contribution in [0.3, 0.4) is 0 Å². The number of hydrogen-bond acceptors (Lipinski definition) is 4. The van der Waals surface area contributed by atoms with E-state index in [9.17, 15) is 4.79 Å². The molecular formula is C20H27ClN4O2. The van der Waals surface area contributed by atoms with E-state index in [1.807, 2.05) is 24.4 Å². The number of rotatable bonds is 4. The van der Waals surface area contributed by atoms with Gasteiger partial charge in [0.1, 0.15) is 5.75 Å². The number of carbonyl (C=O) groups excluding carboxylic acids is 1. The fourth-order valence-electron chi connectivity index (χ4n) is 4.14. The number of aromatic amines is 1. The van der Waals surface area contributed by atoms with Crippen molar-refractivity contribution in [3.05, 3.63) is 36.2 Å². The van der Waals surface area contributed by atoms with Gasteiger partial charge in [0.15, 0.2) is 0 Å². The van der Waals surface area contributed by atoms with Crippen molar-refractivity contribution in [1.29, 1.82) is 0 Å². The molecule has 2 saturated heterocycles. The lowest BCUT2D eigenvalue weighted by atomic mass is 9.89. The molecule has 0 radical (unpaired) electrons. The number of amides is 1. The van der Waals surface area contributed by atoms with E-state index in [2.05, 4.69) is 26.5 Å². The summed E-state index contributed by atoms with van der Waals surface area (Å²) in [6, 6.07) is 8.08. The minimum Gasteiger partial charge on any atom is -0.497 e. The first-order valence-electron chi connectivity index (χ1n) is 9.43. The number of carbonyl (C=O) groups is 1. The number of benzene rings is 1. The van der Waals surface area contributed by atoms with Gasteiger partial charge in [0.05, 0.1) is 19.2 Å². The van der Waals surface area contributed by atoms with Gasteiger partial charge in [-0.2, -0.15) is 5.10 Å². The minimum absolute atomic E-state index is 0. The number of piperidine rings is 1. The summed E-state index contributed by atoms with van der Waals surface area (Å²) < 4.78 is 5.35. The van der Waals surface area contributed by atoms with Crippen LogP contribution in [0.1, 0.15) is 30.9 Å². The van der Waals surface area contributed by atoms with Crippen LogP contribution in [0.25, 0.3) is 11.1 Å². The first-order valence-corrected chi connectivity index (χ1v) is 9.43. The van der Waals surface area contributed by atoms with Gasteiger partial charge in [0.2, 0.25) is 5.91 Å². The standard InChI is InChI=1S/C20H26N4O2.ClH/c1-26-17-4-2-3-15(11-17)18-13-22-23-19(18)14-6-9-24(10-7-14)20(25)16-5-8-21-12-16;/h2-4,11,13-14,16,21H,5-10,12H2,1H3,(H,22,23);1H. The van der Waals surface area contributed by atoms with E-state index in [1.54, 1.807) is 7.11 Å². The van der Waals surface area contributed by atoms with Crippen molar-refractivity contribution >= 4 is 18.3 Å². The fraction of sp³-hybridized carbons (Fsp3) is 0.500. The lowest BCUT2D eigenvalue weighted by Gasteiger charge is -2.33. The van der Waals surface area contributed by atoms with Crippen molar-refractivity contribution in [1.82, 2.24) is 20.4 Å². The summed E-state index contributed by atoms with van der Waals surface area (Å²) in [6.45, 7) is 3.46. The molecule has 3 heterocycles. The van der Waals surface area contributed by atoms with E-state index in [0.29, 0.717) is 11.8 Å². The van der Waals surface area contributed by atoms with E-state index < -0.39 is 0 Å². The predicted molar refractivity (Wildman–Crippen MR) is 107 cm³/mol. The van der Waals surface area contributed by atoms with Crippen LogP contribution < -0.4 is 10.1 Å². The molecule has 1 amide bonds. The van der Waals surface area contributed by atoms with Gasteiger partial charge in [0, 0.05) is 36.8 Å². The van der Waals surface area contributed by atoms with Crippen molar-refractivity contribution in [2.24, 2.45) is 5.92 Å². The largest absolute Gasteiger partial charge is 0.497 e. The highest BCUT2D eigenvalue weighted by Crippen LogP contribution is 2.35. The molecule has 1 unspecified atom stereocenters. The van der Waals surface area contributed by atoms with E-state index >= 15 is 0 Å². The molecule has 2 aliphatic rings. The van der Waals surface area contributed by atoms with Gasteiger partial charge in [-0.25, -0.2) is 0 Å². The molecule has 2 fully saturated rings. The monoisotopic (exact) mass is 390 g/mol. The van der Waals surface area contributed by atoms with Crippen LogP contribution in [-0.4, -0.2) is 54.3 Å². The maximum absolute atomic E-state index is 12.6. The van der Waals surface area contributed by atoms with Crippen molar-refractivity contribution in [3.63, 3.8) is 0 Å². The highest BCUT2D eigenvalue weighted by atomic mass is 35.5. The maximum atomic E-state index is 12.6. The van der Waals surface area contributed by atoms with Gasteiger partial charge in [0.25, 0.3) is 0 Å². The third-order valence-electron chi connectivity index (χ3n) is 5.67. The highest BCUT2D eigenvalue weighted by Gasteiger charge is 2.31. The van der Waals surface area contributed by atoms with Gasteiger partial charge >= 0.3 is 0 Å². The molecule has 1 atom stereocenters. The van der Waals surface area contributed by atoms with Crippen LogP contribution in [-0.2, 0) is 4.79 Å². The summed E-state index contributed by atoms with van der Waals surface area (Å²) in [4.78, 5) is 14.7. The molecule has 0 saturated carbocycles. The first-order chi connectivity index (χ1) is 12.8. The Labute approximate surface area is 166 Å². The molecule has 1 aromatic heterocycles. The highest BCUT2D eigenvalue weighted by molar-refractivity contribution is 5.85. The Morgan fingerprint density at radius 3 is 2.78 bits per heavy atom. The number of nitrogens with zero attached hydrogens (tertiary/aromatic N) is 2. The van der Waals surface area contributed by atoms with Crippen LogP contribution in [0.15, 0.2) is 30.5 Å². The number of nitrogens with one attached hydrogen (secondary N) is 2. The van der Waals surface area contributed by atoms with Crippen LogP contribution in [0, 0.1) is 5.92 Å². The van der Waals surface area contributed by atoms with E-state index in [4.69, 9.17) is 4.74 Å². The van der Waals surface area contributed by atoms with E-state index in [0.717, 1.165) is 62.3 Å². The zero-order valence-electron chi connectivity index (χ0n) is 15.6. The summed E-state index contributed by atoms with van der Waals surface area (Å²) in [7, 11) is 1.68. The zero-order chi connectivity index (χ0) is 17.9. The van der Waals surface area contributed by atoms with Gasteiger partial charge in [-0.1, -0.05) is 12.1 Å². The lowest BCUT2D eigenvalue weighted by Crippen LogP contribution is -2.42. The molecule has 2 aliphatic heterocycles. The Bertz CT molecular complexity index is 765. The second-order valence-corrected chi connectivity index (χ2v) is 7.22. The number of hydrogen-bond donors (Lipinski definition) is 2. The molecule has 146 valence electrons. The molecule has 27 heavy (non-hydrogen) atoms. The fourth-order valence-corrected chi connectivity index (χ4v) is 4.14. The second kappa shape index (κ2) is 8.76. The van der Waals surface area contributed by atoms with Gasteiger partial charge in [-0.15, -0.1) is 12.4 Å². The zero-order valence-corrected chi connectivity index (χ0v) is 16.4. The molecule has 0 spiro atoms. The Kier molecular flexibility index (Phi) is 6.39. The Morgan fingerprint density at radius 2 is 2.07 bits per heavy atom. The van der Waals surface area contributed by atoms with Crippen molar-refractivity contribution in [2.45, 2.75) is 25.2 Å². The predicted octanol–water partition coefficient (Wildman–Crippen LogP) is 2.82. The molecule has 7 heteroatoms. The van der Waals surface area contributed by atoms with Crippen LogP contribution >= 0.6 is 12.4 Å². The molecule has 6 nitrogen and oxygen atoms in total. The van der Waals surface area contributed by atoms with Crippen molar-refractivity contribution in [3.8, 4) is 16.9 Å². The summed E-state index contributed by atoms with van der Waals surface area (Å²) in [5.74, 6) is 1.75. The van der Waals surface area contributed by atoms with Crippen molar-refractivity contribution in [2.75, 3.05) is 33.3 Å². The number of ether oxygens (including phenoxy) is 1. The van der Waals surface area contributed by atoms with Crippen LogP contribution in [0.2, 0.25) is 0 Å². The van der Waals surface area contributed by atoms with Gasteiger partial charge < -0.3 is 15.0 Å². The van der Waals surface area contributed by atoms with E-state index in [-0.39, 0.29) is 18.3 Å². The number of halogens is 1. The summed E-state index contributed by atoms with van der Waals surface area (Å²) in [6.07, 6.45) is 4.82. The Balaban J connectivity index is 0.00000210. The number of methoxy groups -OCH3 is 1. The number of aromatic nitrogens is 2. The normalized spacial score (nSPS) is 20.3. The van der Waals surface area contributed by atoms with Crippen LogP contribution in [0.4, 0.5) is 0 Å². The lowest BCUT2D eigenvalue weighted by molar-refractivity contribution is -0.136. The molecule has 1 aromatic carbocycles. The third kappa shape index (κ3) is 4.12. The molecular weight excluding hydrogens is 364 g/mol. The topological polar surface area (TPSA) is 70.2 Å². The summed E-state index contributed by atoms with van der Waals surface area (Å²) >= 11 is 0. The van der Waals surface area contributed by atoms with Gasteiger partial charge in [-0.3, -0.25) is 9.89 Å². The summed E-state index contributed by atoms with van der Waals surface area (Å²) in [5, 5.41) is 10.8. The quantitative estimate of drug-likeness (QED) is 0.842. The molecule has 2 N–H and O–H groups in total. The molecule has 2 aromatic rings. The average molecular weight is 391 g/mol. The Hall–Kier alpha value is -2.05. The summed E-state index contributed by atoms with van der Waals surface area (Å²) in [5.41, 5.74) is 3.42. The minimum atomic E-state index is 0. The number of likely N-dealkylation sites (tertiary alicyclic amines) is 1. The first kappa shape index (κ1) is 19.7. The third-order valence-corrected chi connectivity index (χ3v) is 5.67. The smallest absolute Gasteiger partial charge is 0.227 e. The maximum Gasteiger partial charge on any atom is 0.227 e. The SMILES string of the molecule is COc1cccc(-c2cn[nH]c2C2CCN(C(=O)C3CCNC3)CC2)c1.Cl.